The average molecular weight is 265 g/mol. The third kappa shape index (κ3) is 2.49. The van der Waals surface area contributed by atoms with Gasteiger partial charge in [-0.3, -0.25) is 0 Å². The number of aromatic nitrogens is 1. The van der Waals surface area contributed by atoms with Crippen molar-refractivity contribution >= 4 is 10.9 Å². The molecule has 1 N–H and O–H groups in total. The Kier molecular flexibility index (Phi) is 3.35. The highest BCUT2D eigenvalue weighted by Crippen LogP contribution is 2.28. The Morgan fingerprint density at radius 2 is 1.80 bits per heavy atom. The molecule has 3 nitrogen and oxygen atoms in total. The first-order valence-corrected chi connectivity index (χ1v) is 6.50. The molecule has 100 valence electrons. The summed E-state index contributed by atoms with van der Waals surface area (Å²) in [5.41, 5.74) is 2.69. The molecule has 0 spiro atoms. The van der Waals surface area contributed by atoms with Crippen LogP contribution in [0.15, 0.2) is 54.6 Å². The number of fused-ring (bicyclic) bond motifs is 1. The van der Waals surface area contributed by atoms with Crippen molar-refractivity contribution in [1.82, 2.24) is 4.98 Å². The molecular weight excluding hydrogens is 250 g/mol. The van der Waals surface area contributed by atoms with Gasteiger partial charge in [-0.15, -0.1) is 0 Å². The second kappa shape index (κ2) is 5.31. The van der Waals surface area contributed by atoms with E-state index in [1.165, 1.54) is 0 Å². The third-order valence-electron chi connectivity index (χ3n) is 3.16. The summed E-state index contributed by atoms with van der Waals surface area (Å²) in [5.74, 6) is 1.47. The molecule has 20 heavy (non-hydrogen) atoms. The number of hydrogen-bond acceptors (Lipinski definition) is 3. The number of nitrogens with zero attached hydrogens (tertiary/aromatic N) is 1. The maximum atomic E-state index is 9.04. The molecule has 1 aromatic heterocycles. The van der Waals surface area contributed by atoms with Crippen LogP contribution < -0.4 is 4.74 Å². The van der Waals surface area contributed by atoms with Crippen LogP contribution in [0.1, 0.15) is 11.3 Å². The maximum absolute atomic E-state index is 9.04. The predicted molar refractivity (Wildman–Crippen MR) is 78.9 cm³/mol. The van der Waals surface area contributed by atoms with Gasteiger partial charge >= 0.3 is 0 Å². The molecule has 0 saturated heterocycles. The normalized spacial score (nSPS) is 10.7. The number of aliphatic hydroxyl groups excluding tert-OH is 1. The molecule has 0 atom stereocenters. The molecule has 3 aromatic rings. The lowest BCUT2D eigenvalue weighted by atomic mass is 10.2. The summed E-state index contributed by atoms with van der Waals surface area (Å²) in [5, 5.41) is 10.1. The zero-order valence-electron chi connectivity index (χ0n) is 11.2. The van der Waals surface area contributed by atoms with Crippen molar-refractivity contribution in [3.63, 3.8) is 0 Å². The molecular formula is C17H15NO2. The number of benzene rings is 2. The highest BCUT2D eigenvalue weighted by atomic mass is 16.5. The van der Waals surface area contributed by atoms with E-state index in [9.17, 15) is 0 Å². The fraction of sp³-hybridized carbons (Fsp3) is 0.118. The van der Waals surface area contributed by atoms with Crippen LogP contribution in [0.4, 0.5) is 0 Å². The van der Waals surface area contributed by atoms with Gasteiger partial charge < -0.3 is 9.84 Å². The SMILES string of the molecule is Cc1ccc2cccc(Oc3ccc(CO)cc3)c2n1. The Labute approximate surface area is 117 Å². The number of para-hydroxylation sites is 1. The zero-order valence-corrected chi connectivity index (χ0v) is 11.2. The molecule has 0 radical (unpaired) electrons. The molecule has 1 heterocycles. The van der Waals surface area contributed by atoms with Crippen LogP contribution in [0.3, 0.4) is 0 Å². The van der Waals surface area contributed by atoms with Gasteiger partial charge in [0, 0.05) is 11.1 Å². The van der Waals surface area contributed by atoms with Crippen LogP contribution in [0, 0.1) is 6.92 Å². The number of pyridine rings is 1. The summed E-state index contributed by atoms with van der Waals surface area (Å²) >= 11 is 0. The van der Waals surface area contributed by atoms with Gasteiger partial charge in [-0.1, -0.05) is 30.3 Å². The van der Waals surface area contributed by atoms with E-state index in [4.69, 9.17) is 9.84 Å². The number of hydrogen-bond donors (Lipinski definition) is 1. The first-order chi connectivity index (χ1) is 9.76. The highest BCUT2D eigenvalue weighted by Gasteiger charge is 2.05. The van der Waals surface area contributed by atoms with Gasteiger partial charge in [0.25, 0.3) is 0 Å². The Morgan fingerprint density at radius 3 is 2.55 bits per heavy atom. The van der Waals surface area contributed by atoms with Crippen LogP contribution in [0.25, 0.3) is 10.9 Å². The van der Waals surface area contributed by atoms with Crippen molar-refractivity contribution in [3.05, 3.63) is 65.9 Å². The van der Waals surface area contributed by atoms with Crippen LogP contribution in [0.5, 0.6) is 11.5 Å². The van der Waals surface area contributed by atoms with Crippen LogP contribution in [0.2, 0.25) is 0 Å². The van der Waals surface area contributed by atoms with Gasteiger partial charge in [0.2, 0.25) is 0 Å². The average Bonchev–Trinajstić information content (AvgIpc) is 2.49. The Bertz CT molecular complexity index is 736. The second-order valence-electron chi connectivity index (χ2n) is 4.68. The van der Waals surface area contributed by atoms with Crippen molar-refractivity contribution in [2.45, 2.75) is 13.5 Å². The highest BCUT2D eigenvalue weighted by molar-refractivity contribution is 5.84. The fourth-order valence-electron chi connectivity index (χ4n) is 2.09. The van der Waals surface area contributed by atoms with Gasteiger partial charge in [-0.05, 0) is 36.8 Å². The van der Waals surface area contributed by atoms with Crippen LogP contribution in [-0.2, 0) is 6.61 Å². The van der Waals surface area contributed by atoms with E-state index in [1.807, 2.05) is 61.5 Å². The summed E-state index contributed by atoms with van der Waals surface area (Å²) in [6, 6.07) is 17.3. The van der Waals surface area contributed by atoms with Crippen LogP contribution in [-0.4, -0.2) is 10.1 Å². The van der Waals surface area contributed by atoms with Crippen molar-refractivity contribution in [2.75, 3.05) is 0 Å². The minimum absolute atomic E-state index is 0.0370. The summed E-state index contributed by atoms with van der Waals surface area (Å²) in [4.78, 5) is 4.54. The number of aliphatic hydroxyl groups is 1. The molecule has 3 heteroatoms. The van der Waals surface area contributed by atoms with E-state index < -0.39 is 0 Å². The van der Waals surface area contributed by atoms with E-state index in [0.717, 1.165) is 33.7 Å². The standard InChI is InChI=1S/C17H15NO2/c1-12-5-8-14-3-2-4-16(17(14)18-12)20-15-9-6-13(11-19)7-10-15/h2-10,19H,11H2,1H3. The van der Waals surface area contributed by atoms with Gasteiger partial charge in [0.1, 0.15) is 11.3 Å². The zero-order chi connectivity index (χ0) is 13.9. The minimum Gasteiger partial charge on any atom is -0.455 e. The number of aryl methyl sites for hydroxylation is 1. The Balaban J connectivity index is 1.99. The van der Waals surface area contributed by atoms with Gasteiger partial charge in [0.15, 0.2) is 5.75 Å². The van der Waals surface area contributed by atoms with E-state index >= 15 is 0 Å². The van der Waals surface area contributed by atoms with Crippen molar-refractivity contribution in [2.24, 2.45) is 0 Å². The second-order valence-corrected chi connectivity index (χ2v) is 4.68. The van der Waals surface area contributed by atoms with Gasteiger partial charge in [-0.2, -0.15) is 0 Å². The Morgan fingerprint density at radius 1 is 1.00 bits per heavy atom. The molecule has 0 unspecified atom stereocenters. The molecule has 0 saturated carbocycles. The lowest BCUT2D eigenvalue weighted by Crippen LogP contribution is -1.90. The first-order valence-electron chi connectivity index (χ1n) is 6.50. The van der Waals surface area contributed by atoms with E-state index in [-0.39, 0.29) is 6.61 Å². The van der Waals surface area contributed by atoms with E-state index in [1.54, 1.807) is 0 Å². The van der Waals surface area contributed by atoms with Crippen molar-refractivity contribution < 1.29 is 9.84 Å². The molecule has 0 aliphatic carbocycles. The summed E-state index contributed by atoms with van der Waals surface area (Å²) in [7, 11) is 0. The lowest BCUT2D eigenvalue weighted by Gasteiger charge is -2.09. The summed E-state index contributed by atoms with van der Waals surface area (Å²) < 4.78 is 5.90. The van der Waals surface area contributed by atoms with E-state index in [0.29, 0.717) is 0 Å². The maximum Gasteiger partial charge on any atom is 0.153 e. The topological polar surface area (TPSA) is 42.4 Å². The predicted octanol–water partition coefficient (Wildman–Crippen LogP) is 3.83. The smallest absolute Gasteiger partial charge is 0.153 e. The molecule has 0 bridgehead atoms. The lowest BCUT2D eigenvalue weighted by molar-refractivity contribution is 0.281. The third-order valence-corrected chi connectivity index (χ3v) is 3.16. The minimum atomic E-state index is 0.0370. The van der Waals surface area contributed by atoms with Gasteiger partial charge in [-0.25, -0.2) is 4.98 Å². The molecule has 0 aliphatic heterocycles. The summed E-state index contributed by atoms with van der Waals surface area (Å²) in [6.07, 6.45) is 0. The molecule has 0 fully saturated rings. The monoisotopic (exact) mass is 265 g/mol. The largest absolute Gasteiger partial charge is 0.455 e. The fourth-order valence-corrected chi connectivity index (χ4v) is 2.09. The van der Waals surface area contributed by atoms with Crippen molar-refractivity contribution in [1.29, 1.82) is 0 Å². The number of ether oxygens (including phenoxy) is 1. The van der Waals surface area contributed by atoms with Crippen molar-refractivity contribution in [3.8, 4) is 11.5 Å². The first kappa shape index (κ1) is 12.6. The van der Waals surface area contributed by atoms with Gasteiger partial charge in [0.05, 0.1) is 6.61 Å². The quantitative estimate of drug-likeness (QED) is 0.782. The molecule has 3 rings (SSSR count). The van der Waals surface area contributed by atoms with Crippen LogP contribution >= 0.6 is 0 Å². The molecule has 0 amide bonds. The number of rotatable bonds is 3. The summed E-state index contributed by atoms with van der Waals surface area (Å²) in [6.45, 7) is 2.00. The molecule has 2 aromatic carbocycles. The van der Waals surface area contributed by atoms with E-state index in [2.05, 4.69) is 4.98 Å². The Hall–Kier alpha value is -2.39. The molecule has 0 aliphatic rings.